The van der Waals surface area contributed by atoms with Gasteiger partial charge in [0, 0.05) is 26.2 Å². The van der Waals surface area contributed by atoms with Gasteiger partial charge in [-0.2, -0.15) is 0 Å². The molecule has 2 rings (SSSR count). The van der Waals surface area contributed by atoms with E-state index in [1.165, 1.54) is 0 Å². The summed E-state index contributed by atoms with van der Waals surface area (Å²) in [5.74, 6) is 0.817. The van der Waals surface area contributed by atoms with Crippen LogP contribution in [0, 0.1) is 5.92 Å². The molecule has 2 atom stereocenters. The molecule has 2 saturated heterocycles. The molecule has 0 aliphatic carbocycles. The van der Waals surface area contributed by atoms with Crippen molar-refractivity contribution in [2.75, 3.05) is 32.8 Å². The van der Waals surface area contributed by atoms with Crippen LogP contribution in [-0.4, -0.2) is 49.7 Å². The van der Waals surface area contributed by atoms with Crippen LogP contribution in [0.1, 0.15) is 13.3 Å². The zero-order valence-electron chi connectivity index (χ0n) is 8.66. The summed E-state index contributed by atoms with van der Waals surface area (Å²) in [6.07, 6.45) is 0.889. The summed E-state index contributed by atoms with van der Waals surface area (Å²) in [6, 6.07) is 0. The molecule has 2 heterocycles. The zero-order valence-corrected chi connectivity index (χ0v) is 8.66. The van der Waals surface area contributed by atoms with Gasteiger partial charge in [-0.15, -0.1) is 0 Å². The average molecular weight is 198 g/mol. The van der Waals surface area contributed by atoms with Crippen molar-refractivity contribution in [3.8, 4) is 0 Å². The number of likely N-dealkylation sites (tertiary alicyclic amines) is 1. The molecule has 2 aliphatic rings. The lowest BCUT2D eigenvalue weighted by Gasteiger charge is -2.27. The first-order valence-corrected chi connectivity index (χ1v) is 5.38. The Labute approximate surface area is 84.6 Å². The summed E-state index contributed by atoms with van der Waals surface area (Å²) in [5, 5.41) is 3.18. The first-order chi connectivity index (χ1) is 6.77. The molecule has 0 saturated carbocycles. The topological polar surface area (TPSA) is 41.6 Å². The molecular weight excluding hydrogens is 180 g/mol. The first-order valence-electron chi connectivity index (χ1n) is 5.38. The predicted molar refractivity (Wildman–Crippen MR) is 53.0 cm³/mol. The van der Waals surface area contributed by atoms with Crippen LogP contribution < -0.4 is 5.32 Å². The lowest BCUT2D eigenvalue weighted by molar-refractivity contribution is -0.144. The minimum atomic E-state index is -0.242. The molecule has 0 bridgehead atoms. The van der Waals surface area contributed by atoms with Crippen molar-refractivity contribution in [2.45, 2.75) is 19.4 Å². The molecule has 1 unspecified atom stereocenters. The Morgan fingerprint density at radius 3 is 3.00 bits per heavy atom. The third kappa shape index (κ3) is 2.07. The third-order valence-electron chi connectivity index (χ3n) is 2.94. The Balaban J connectivity index is 1.87. The summed E-state index contributed by atoms with van der Waals surface area (Å²) in [4.78, 5) is 13.8. The van der Waals surface area contributed by atoms with Crippen LogP contribution in [0.5, 0.6) is 0 Å². The number of nitrogens with one attached hydrogen (secondary N) is 1. The van der Waals surface area contributed by atoms with Crippen LogP contribution in [-0.2, 0) is 9.53 Å². The van der Waals surface area contributed by atoms with E-state index in [4.69, 9.17) is 4.74 Å². The SMILES string of the molecule is CC1CCN(C(=O)[C@H]2CNCCO2)C1. The van der Waals surface area contributed by atoms with Gasteiger partial charge in [0.25, 0.3) is 5.91 Å². The van der Waals surface area contributed by atoms with Crippen LogP contribution in [0.3, 0.4) is 0 Å². The zero-order chi connectivity index (χ0) is 9.97. The van der Waals surface area contributed by atoms with Gasteiger partial charge in [-0.3, -0.25) is 4.79 Å². The molecular formula is C10H18N2O2. The molecule has 2 aliphatic heterocycles. The Kier molecular flexibility index (Phi) is 3.03. The number of amides is 1. The summed E-state index contributed by atoms with van der Waals surface area (Å²) in [7, 11) is 0. The predicted octanol–water partition coefficient (Wildman–Crippen LogP) is -0.157. The number of ether oxygens (including phenoxy) is 1. The lowest BCUT2D eigenvalue weighted by Crippen LogP contribution is -2.48. The maximum absolute atomic E-state index is 11.9. The van der Waals surface area contributed by atoms with E-state index in [0.717, 1.165) is 26.1 Å². The van der Waals surface area contributed by atoms with E-state index in [0.29, 0.717) is 19.1 Å². The van der Waals surface area contributed by atoms with Gasteiger partial charge in [0.2, 0.25) is 0 Å². The van der Waals surface area contributed by atoms with Crippen molar-refractivity contribution in [1.82, 2.24) is 10.2 Å². The Morgan fingerprint density at radius 2 is 2.43 bits per heavy atom. The summed E-state index contributed by atoms with van der Waals surface area (Å²) >= 11 is 0. The number of nitrogens with zero attached hydrogens (tertiary/aromatic N) is 1. The quantitative estimate of drug-likeness (QED) is 0.637. The third-order valence-corrected chi connectivity index (χ3v) is 2.94. The molecule has 4 nitrogen and oxygen atoms in total. The molecule has 0 aromatic rings. The van der Waals surface area contributed by atoms with Crippen molar-refractivity contribution < 1.29 is 9.53 Å². The summed E-state index contributed by atoms with van der Waals surface area (Å²) in [5.41, 5.74) is 0. The van der Waals surface area contributed by atoms with E-state index in [-0.39, 0.29) is 12.0 Å². The van der Waals surface area contributed by atoms with E-state index in [2.05, 4.69) is 12.2 Å². The maximum atomic E-state index is 11.9. The second-order valence-corrected chi connectivity index (χ2v) is 4.24. The molecule has 80 valence electrons. The van der Waals surface area contributed by atoms with E-state index in [1.807, 2.05) is 4.90 Å². The van der Waals surface area contributed by atoms with E-state index in [1.54, 1.807) is 0 Å². The van der Waals surface area contributed by atoms with E-state index >= 15 is 0 Å². The number of rotatable bonds is 1. The lowest BCUT2D eigenvalue weighted by atomic mass is 10.2. The highest BCUT2D eigenvalue weighted by Gasteiger charge is 2.30. The molecule has 0 radical (unpaired) electrons. The largest absolute Gasteiger partial charge is 0.366 e. The smallest absolute Gasteiger partial charge is 0.253 e. The Morgan fingerprint density at radius 1 is 1.57 bits per heavy atom. The maximum Gasteiger partial charge on any atom is 0.253 e. The van der Waals surface area contributed by atoms with Gasteiger partial charge >= 0.3 is 0 Å². The average Bonchev–Trinajstić information content (AvgIpc) is 2.65. The normalized spacial score (nSPS) is 33.4. The van der Waals surface area contributed by atoms with Gasteiger partial charge in [-0.05, 0) is 12.3 Å². The van der Waals surface area contributed by atoms with Gasteiger partial charge in [-0.1, -0.05) is 6.92 Å². The van der Waals surface area contributed by atoms with Crippen LogP contribution in [0.15, 0.2) is 0 Å². The van der Waals surface area contributed by atoms with Crippen LogP contribution in [0.25, 0.3) is 0 Å². The Hall–Kier alpha value is -0.610. The number of carbonyl (C=O) groups is 1. The molecule has 14 heavy (non-hydrogen) atoms. The highest BCUT2D eigenvalue weighted by Crippen LogP contribution is 2.16. The van der Waals surface area contributed by atoms with Crippen molar-refractivity contribution in [2.24, 2.45) is 5.92 Å². The van der Waals surface area contributed by atoms with Crippen molar-refractivity contribution >= 4 is 5.91 Å². The summed E-state index contributed by atoms with van der Waals surface area (Å²) < 4.78 is 5.43. The van der Waals surface area contributed by atoms with Crippen LogP contribution >= 0.6 is 0 Å². The van der Waals surface area contributed by atoms with E-state index in [9.17, 15) is 4.79 Å². The highest BCUT2D eigenvalue weighted by molar-refractivity contribution is 5.81. The number of morpholine rings is 1. The Bertz CT molecular complexity index is 207. The van der Waals surface area contributed by atoms with Gasteiger partial charge in [0.1, 0.15) is 6.10 Å². The molecule has 0 aromatic carbocycles. The number of hydrogen-bond acceptors (Lipinski definition) is 3. The second kappa shape index (κ2) is 4.28. The standard InChI is InChI=1S/C10H18N2O2/c1-8-2-4-12(7-8)10(13)9-6-11-3-5-14-9/h8-9,11H,2-7H2,1H3/t8?,9-/m1/s1. The molecule has 4 heteroatoms. The fourth-order valence-electron chi connectivity index (χ4n) is 2.06. The summed E-state index contributed by atoms with van der Waals surface area (Å²) in [6.45, 7) is 6.18. The molecule has 1 amide bonds. The van der Waals surface area contributed by atoms with Gasteiger partial charge < -0.3 is 15.0 Å². The minimum Gasteiger partial charge on any atom is -0.366 e. The van der Waals surface area contributed by atoms with Gasteiger partial charge in [0.05, 0.1) is 6.61 Å². The number of hydrogen-bond donors (Lipinski definition) is 1. The van der Waals surface area contributed by atoms with Crippen molar-refractivity contribution in [1.29, 1.82) is 0 Å². The van der Waals surface area contributed by atoms with Crippen molar-refractivity contribution in [3.63, 3.8) is 0 Å². The fraction of sp³-hybridized carbons (Fsp3) is 0.900. The van der Waals surface area contributed by atoms with Crippen molar-refractivity contribution in [3.05, 3.63) is 0 Å². The highest BCUT2D eigenvalue weighted by atomic mass is 16.5. The van der Waals surface area contributed by atoms with Crippen LogP contribution in [0.2, 0.25) is 0 Å². The second-order valence-electron chi connectivity index (χ2n) is 4.24. The minimum absolute atomic E-state index is 0.168. The molecule has 2 fully saturated rings. The first kappa shape index (κ1) is 9.93. The molecule has 1 N–H and O–H groups in total. The molecule has 0 spiro atoms. The monoisotopic (exact) mass is 198 g/mol. The van der Waals surface area contributed by atoms with Crippen LogP contribution in [0.4, 0.5) is 0 Å². The van der Waals surface area contributed by atoms with Gasteiger partial charge in [-0.25, -0.2) is 0 Å². The van der Waals surface area contributed by atoms with Gasteiger partial charge in [0.15, 0.2) is 0 Å². The fourth-order valence-corrected chi connectivity index (χ4v) is 2.06. The number of carbonyl (C=O) groups excluding carboxylic acids is 1. The molecule has 0 aromatic heterocycles. The van der Waals surface area contributed by atoms with E-state index < -0.39 is 0 Å².